The molecule has 1 N–H and O–H groups in total. The summed E-state index contributed by atoms with van der Waals surface area (Å²) in [7, 11) is 0. The van der Waals surface area contributed by atoms with E-state index in [1.54, 1.807) is 18.2 Å². The van der Waals surface area contributed by atoms with Crippen molar-refractivity contribution in [3.63, 3.8) is 0 Å². The fourth-order valence-corrected chi connectivity index (χ4v) is 2.91. The molecular formula is C21H19FN2O4. The number of nitrogens with one attached hydrogen (secondary N) is 1. The summed E-state index contributed by atoms with van der Waals surface area (Å²) in [5, 5.41) is 2.83. The lowest BCUT2D eigenvalue weighted by Crippen LogP contribution is -2.40. The zero-order valence-electron chi connectivity index (χ0n) is 15.1. The van der Waals surface area contributed by atoms with Gasteiger partial charge >= 0.3 is 0 Å². The van der Waals surface area contributed by atoms with E-state index in [0.29, 0.717) is 48.3 Å². The van der Waals surface area contributed by atoms with Gasteiger partial charge in [-0.15, -0.1) is 0 Å². The Labute approximate surface area is 161 Å². The number of rotatable bonds is 6. The molecule has 1 amide bonds. The van der Waals surface area contributed by atoms with Crippen molar-refractivity contribution in [1.29, 1.82) is 0 Å². The molecule has 0 radical (unpaired) electrons. The molecule has 144 valence electrons. The van der Waals surface area contributed by atoms with E-state index >= 15 is 0 Å². The van der Waals surface area contributed by atoms with Gasteiger partial charge in [0.1, 0.15) is 18.5 Å². The Bertz CT molecular complexity index is 972. The summed E-state index contributed by atoms with van der Waals surface area (Å²) in [4.78, 5) is 16.2. The van der Waals surface area contributed by atoms with Crippen molar-refractivity contribution in [2.45, 2.75) is 18.9 Å². The molecule has 0 saturated carbocycles. The lowest BCUT2D eigenvalue weighted by Gasteiger charge is -2.26. The van der Waals surface area contributed by atoms with Crippen LogP contribution in [0.5, 0.6) is 11.5 Å². The third kappa shape index (κ3) is 4.14. The maximum Gasteiger partial charge on any atom is 0.220 e. The molecule has 1 aromatic heterocycles. The number of amides is 1. The molecule has 1 aliphatic heterocycles. The van der Waals surface area contributed by atoms with Crippen molar-refractivity contribution in [3.05, 3.63) is 66.4 Å². The highest BCUT2D eigenvalue weighted by Gasteiger charge is 2.21. The van der Waals surface area contributed by atoms with Crippen LogP contribution in [0.15, 0.2) is 59.1 Å². The monoisotopic (exact) mass is 382 g/mol. The van der Waals surface area contributed by atoms with Gasteiger partial charge in [0.25, 0.3) is 0 Å². The van der Waals surface area contributed by atoms with Crippen molar-refractivity contribution in [1.82, 2.24) is 10.3 Å². The molecule has 0 spiro atoms. The normalized spacial score (nSPS) is 15.2. The number of carbonyl (C=O) groups is 1. The maximum absolute atomic E-state index is 13.8. The molecule has 1 unspecified atom stereocenters. The van der Waals surface area contributed by atoms with Gasteiger partial charge in [0.05, 0.1) is 18.3 Å². The second-order valence-corrected chi connectivity index (χ2v) is 6.40. The maximum atomic E-state index is 13.8. The molecule has 28 heavy (non-hydrogen) atoms. The van der Waals surface area contributed by atoms with Crippen LogP contribution in [-0.4, -0.2) is 30.1 Å². The zero-order chi connectivity index (χ0) is 19.3. The van der Waals surface area contributed by atoms with E-state index < -0.39 is 0 Å². The number of benzene rings is 2. The lowest BCUT2D eigenvalue weighted by molar-refractivity contribution is -0.121. The largest absolute Gasteiger partial charge is 0.486 e. The summed E-state index contributed by atoms with van der Waals surface area (Å²) in [5.41, 5.74) is 0.348. The van der Waals surface area contributed by atoms with Crippen molar-refractivity contribution in [2.75, 3.05) is 13.2 Å². The third-order valence-electron chi connectivity index (χ3n) is 4.35. The van der Waals surface area contributed by atoms with Crippen LogP contribution in [0.3, 0.4) is 0 Å². The van der Waals surface area contributed by atoms with Gasteiger partial charge in [-0.2, -0.15) is 0 Å². The molecule has 4 rings (SSSR count). The van der Waals surface area contributed by atoms with Crippen molar-refractivity contribution in [3.8, 4) is 22.8 Å². The molecule has 0 bridgehead atoms. The van der Waals surface area contributed by atoms with Crippen LogP contribution in [0.1, 0.15) is 12.3 Å². The van der Waals surface area contributed by atoms with E-state index in [9.17, 15) is 9.18 Å². The Kier molecular flexibility index (Phi) is 5.23. The summed E-state index contributed by atoms with van der Waals surface area (Å²) < 4.78 is 30.8. The SMILES string of the molecule is O=C(CCc1ncc(-c2ccccc2F)o1)NCC1COc2ccccc2O1. The van der Waals surface area contributed by atoms with Crippen LogP contribution in [0.25, 0.3) is 11.3 Å². The third-order valence-corrected chi connectivity index (χ3v) is 4.35. The number of hydrogen-bond donors (Lipinski definition) is 1. The molecule has 3 aromatic rings. The van der Waals surface area contributed by atoms with E-state index in [4.69, 9.17) is 13.9 Å². The Balaban J connectivity index is 1.25. The Morgan fingerprint density at radius 1 is 1.14 bits per heavy atom. The second kappa shape index (κ2) is 8.12. The summed E-state index contributed by atoms with van der Waals surface area (Å²) in [6, 6.07) is 13.7. The average molecular weight is 382 g/mol. The summed E-state index contributed by atoms with van der Waals surface area (Å²) in [6.07, 6.45) is 1.76. The number of fused-ring (bicyclic) bond motifs is 1. The minimum Gasteiger partial charge on any atom is -0.486 e. The molecule has 2 heterocycles. The molecule has 0 aliphatic carbocycles. The van der Waals surface area contributed by atoms with Gasteiger partial charge in [0.2, 0.25) is 5.91 Å². The van der Waals surface area contributed by atoms with Crippen molar-refractivity contribution >= 4 is 5.91 Å². The van der Waals surface area contributed by atoms with Crippen LogP contribution >= 0.6 is 0 Å². The summed E-state index contributed by atoms with van der Waals surface area (Å²) in [5.74, 6) is 1.60. The average Bonchev–Trinajstić information content (AvgIpc) is 3.19. The van der Waals surface area contributed by atoms with Gasteiger partial charge in [-0.25, -0.2) is 9.37 Å². The van der Waals surface area contributed by atoms with Crippen LogP contribution in [0.4, 0.5) is 4.39 Å². The number of ether oxygens (including phenoxy) is 2. The minimum atomic E-state index is -0.376. The van der Waals surface area contributed by atoms with E-state index in [-0.39, 0.29) is 24.2 Å². The Morgan fingerprint density at radius 2 is 1.93 bits per heavy atom. The fourth-order valence-electron chi connectivity index (χ4n) is 2.91. The smallest absolute Gasteiger partial charge is 0.220 e. The molecule has 2 aromatic carbocycles. The summed E-state index contributed by atoms with van der Waals surface area (Å²) in [6.45, 7) is 0.724. The molecule has 7 heteroatoms. The predicted molar refractivity (Wildman–Crippen MR) is 99.6 cm³/mol. The molecule has 1 atom stereocenters. The van der Waals surface area contributed by atoms with Crippen LogP contribution < -0.4 is 14.8 Å². The number of carbonyl (C=O) groups excluding carboxylic acids is 1. The number of para-hydroxylation sites is 2. The minimum absolute atomic E-state index is 0.145. The molecular weight excluding hydrogens is 363 g/mol. The highest BCUT2D eigenvalue weighted by atomic mass is 19.1. The lowest BCUT2D eigenvalue weighted by atomic mass is 10.2. The first kappa shape index (κ1) is 18.0. The molecule has 0 fully saturated rings. The number of nitrogens with zero attached hydrogens (tertiary/aromatic N) is 1. The number of aromatic nitrogens is 1. The van der Waals surface area contributed by atoms with Gasteiger partial charge in [-0.1, -0.05) is 24.3 Å². The highest BCUT2D eigenvalue weighted by Crippen LogP contribution is 2.30. The molecule has 0 saturated heterocycles. The molecule has 1 aliphatic rings. The fraction of sp³-hybridized carbons (Fsp3) is 0.238. The van der Waals surface area contributed by atoms with Crippen LogP contribution in [-0.2, 0) is 11.2 Å². The van der Waals surface area contributed by atoms with Crippen LogP contribution in [0.2, 0.25) is 0 Å². The van der Waals surface area contributed by atoms with E-state index in [1.165, 1.54) is 12.3 Å². The van der Waals surface area contributed by atoms with Gasteiger partial charge < -0.3 is 19.2 Å². The molecule has 6 nitrogen and oxygen atoms in total. The number of hydrogen-bond acceptors (Lipinski definition) is 5. The van der Waals surface area contributed by atoms with Crippen molar-refractivity contribution < 1.29 is 23.1 Å². The van der Waals surface area contributed by atoms with Crippen LogP contribution in [0, 0.1) is 5.82 Å². The van der Waals surface area contributed by atoms with Crippen molar-refractivity contribution in [2.24, 2.45) is 0 Å². The van der Waals surface area contributed by atoms with Gasteiger partial charge in [0.15, 0.2) is 23.1 Å². The van der Waals surface area contributed by atoms with E-state index in [0.717, 1.165) is 0 Å². The quantitative estimate of drug-likeness (QED) is 0.708. The Morgan fingerprint density at radius 3 is 2.79 bits per heavy atom. The number of halogens is 1. The number of aryl methyl sites for hydroxylation is 1. The van der Waals surface area contributed by atoms with E-state index in [1.807, 2.05) is 24.3 Å². The standard InChI is InChI=1S/C21H19FN2O4/c22-16-6-2-1-5-15(16)19-12-24-21(28-19)10-9-20(25)23-11-14-13-26-17-7-3-4-8-18(17)27-14/h1-8,12,14H,9-11,13H2,(H,23,25). The number of oxazole rings is 1. The second-order valence-electron chi connectivity index (χ2n) is 6.40. The van der Waals surface area contributed by atoms with Gasteiger partial charge in [0, 0.05) is 12.8 Å². The first-order valence-electron chi connectivity index (χ1n) is 9.04. The topological polar surface area (TPSA) is 73.6 Å². The van der Waals surface area contributed by atoms with Gasteiger partial charge in [-0.3, -0.25) is 4.79 Å². The first-order valence-corrected chi connectivity index (χ1v) is 9.04. The Hall–Kier alpha value is -3.35. The first-order chi connectivity index (χ1) is 13.7. The highest BCUT2D eigenvalue weighted by molar-refractivity contribution is 5.76. The van der Waals surface area contributed by atoms with Gasteiger partial charge in [-0.05, 0) is 24.3 Å². The predicted octanol–water partition coefficient (Wildman–Crippen LogP) is 3.37. The zero-order valence-corrected chi connectivity index (χ0v) is 15.1. The summed E-state index contributed by atoms with van der Waals surface area (Å²) >= 11 is 0. The van der Waals surface area contributed by atoms with E-state index in [2.05, 4.69) is 10.3 Å².